The number of ether oxygens (including phenoxy) is 1. The molecule has 3 rings (SSSR count). The highest BCUT2D eigenvalue weighted by Crippen LogP contribution is 2.20. The van der Waals surface area contributed by atoms with Gasteiger partial charge in [0.2, 0.25) is 5.82 Å². The van der Waals surface area contributed by atoms with E-state index in [2.05, 4.69) is 14.9 Å². The van der Waals surface area contributed by atoms with Crippen LogP contribution >= 0.6 is 11.3 Å². The Hall–Kier alpha value is -2.74. The number of hydrogen-bond acceptors (Lipinski definition) is 7. The number of thiophene rings is 1. The Bertz CT molecular complexity index is 850. The second kappa shape index (κ2) is 5.94. The highest BCUT2D eigenvalue weighted by atomic mass is 32.1. The molecule has 0 unspecified atom stereocenters. The first-order valence-corrected chi connectivity index (χ1v) is 7.15. The van der Waals surface area contributed by atoms with Crippen LogP contribution in [0.5, 0.6) is 0 Å². The van der Waals surface area contributed by atoms with Crippen molar-refractivity contribution in [1.29, 1.82) is 0 Å². The van der Waals surface area contributed by atoms with Gasteiger partial charge in [-0.25, -0.2) is 14.2 Å². The topological polar surface area (TPSA) is 87.2 Å². The lowest BCUT2D eigenvalue weighted by molar-refractivity contribution is 0.0606. The second-order valence-corrected chi connectivity index (χ2v) is 5.50. The number of nitrogens with zero attached hydrogens (tertiary/aromatic N) is 3. The smallest absolute Gasteiger partial charge is 0.442 e. The molecular formula is C14H11N3O4S. The van der Waals surface area contributed by atoms with Gasteiger partial charge in [-0.2, -0.15) is 0 Å². The van der Waals surface area contributed by atoms with E-state index in [1.165, 1.54) is 23.0 Å². The summed E-state index contributed by atoms with van der Waals surface area (Å²) in [6.45, 7) is 0.246. The molecule has 0 saturated heterocycles. The van der Waals surface area contributed by atoms with Gasteiger partial charge in [-0.1, -0.05) is 11.2 Å². The number of hydrogen-bond donors (Lipinski definition) is 0. The monoisotopic (exact) mass is 317 g/mol. The van der Waals surface area contributed by atoms with E-state index in [0.29, 0.717) is 16.4 Å². The highest BCUT2D eigenvalue weighted by molar-refractivity contribution is 7.13. The summed E-state index contributed by atoms with van der Waals surface area (Å²) in [7, 11) is 1.32. The van der Waals surface area contributed by atoms with E-state index >= 15 is 0 Å². The van der Waals surface area contributed by atoms with Crippen LogP contribution in [0.1, 0.15) is 14.5 Å². The van der Waals surface area contributed by atoms with Gasteiger partial charge in [0.05, 0.1) is 13.7 Å². The Morgan fingerprint density at radius 2 is 2.23 bits per heavy atom. The quantitative estimate of drug-likeness (QED) is 0.682. The van der Waals surface area contributed by atoms with Crippen molar-refractivity contribution in [3.63, 3.8) is 0 Å². The molecule has 112 valence electrons. The third kappa shape index (κ3) is 2.68. The van der Waals surface area contributed by atoms with Gasteiger partial charge in [0.15, 0.2) is 0 Å². The molecule has 3 aromatic heterocycles. The molecule has 3 aromatic rings. The van der Waals surface area contributed by atoms with Crippen LogP contribution in [0.3, 0.4) is 0 Å². The average molecular weight is 317 g/mol. The number of carbonyl (C=O) groups is 1. The number of pyridine rings is 1. The lowest BCUT2D eigenvalue weighted by Crippen LogP contribution is -2.16. The van der Waals surface area contributed by atoms with Gasteiger partial charge in [0, 0.05) is 11.1 Å². The van der Waals surface area contributed by atoms with Crippen LogP contribution in [0.2, 0.25) is 0 Å². The van der Waals surface area contributed by atoms with Crippen LogP contribution < -0.4 is 5.76 Å². The number of carbonyl (C=O) groups excluding carboxylic acids is 1. The van der Waals surface area contributed by atoms with Crippen molar-refractivity contribution >= 4 is 17.3 Å². The summed E-state index contributed by atoms with van der Waals surface area (Å²) in [5.41, 5.74) is 0.540. The standard InChI is InChI=1S/C14H11N3O4S/c1-20-13(18)11-6-5-9(22-11)8-17-12(16-21-14(17)19)10-4-2-3-7-15-10/h2-7H,8H2,1H3. The van der Waals surface area contributed by atoms with Crippen LogP contribution in [0.4, 0.5) is 0 Å². The van der Waals surface area contributed by atoms with Gasteiger partial charge >= 0.3 is 11.7 Å². The second-order valence-electron chi connectivity index (χ2n) is 4.33. The summed E-state index contributed by atoms with van der Waals surface area (Å²) in [6, 6.07) is 8.73. The summed E-state index contributed by atoms with van der Waals surface area (Å²) in [6.07, 6.45) is 1.61. The summed E-state index contributed by atoms with van der Waals surface area (Å²) >= 11 is 1.25. The van der Waals surface area contributed by atoms with Crippen molar-refractivity contribution in [2.24, 2.45) is 0 Å². The van der Waals surface area contributed by atoms with Crippen molar-refractivity contribution in [2.45, 2.75) is 6.54 Å². The molecule has 0 fully saturated rings. The normalized spacial score (nSPS) is 10.6. The summed E-state index contributed by atoms with van der Waals surface area (Å²) in [5.74, 6) is -0.633. The lowest BCUT2D eigenvalue weighted by atomic mass is 10.3. The predicted octanol–water partition coefficient (Wildman–Crippen LogP) is 1.79. The number of aromatic nitrogens is 3. The predicted molar refractivity (Wildman–Crippen MR) is 78.8 cm³/mol. The first-order chi connectivity index (χ1) is 10.7. The van der Waals surface area contributed by atoms with Crippen LogP contribution in [0.25, 0.3) is 11.5 Å². The first-order valence-electron chi connectivity index (χ1n) is 6.34. The Kier molecular flexibility index (Phi) is 3.84. The van der Waals surface area contributed by atoms with E-state index in [4.69, 9.17) is 4.52 Å². The molecule has 0 N–H and O–H groups in total. The summed E-state index contributed by atoms with van der Waals surface area (Å²) in [5, 5.41) is 3.77. The minimum absolute atomic E-state index is 0.246. The molecule has 0 aromatic carbocycles. The SMILES string of the molecule is COC(=O)c1ccc(Cn2c(-c3ccccn3)noc2=O)s1. The molecule has 0 aliphatic rings. The first kappa shape index (κ1) is 14.2. The Balaban J connectivity index is 1.93. The number of esters is 1. The average Bonchev–Trinajstić information content (AvgIpc) is 3.16. The van der Waals surface area contributed by atoms with Gasteiger partial charge < -0.3 is 4.74 Å². The minimum Gasteiger partial charge on any atom is -0.465 e. The van der Waals surface area contributed by atoms with Gasteiger partial charge in [-0.15, -0.1) is 11.3 Å². The number of rotatable bonds is 4. The zero-order valence-corrected chi connectivity index (χ0v) is 12.4. The van der Waals surface area contributed by atoms with Gasteiger partial charge in [0.25, 0.3) is 0 Å². The van der Waals surface area contributed by atoms with Crippen LogP contribution in [0.15, 0.2) is 45.8 Å². The fraction of sp³-hybridized carbons (Fsp3) is 0.143. The number of methoxy groups -OCH3 is 1. The third-order valence-corrected chi connectivity index (χ3v) is 3.99. The van der Waals surface area contributed by atoms with Crippen molar-refractivity contribution in [1.82, 2.24) is 14.7 Å². The molecule has 0 spiro atoms. The van der Waals surface area contributed by atoms with Crippen molar-refractivity contribution in [3.05, 3.63) is 56.8 Å². The minimum atomic E-state index is -0.575. The maximum absolute atomic E-state index is 11.8. The van der Waals surface area contributed by atoms with E-state index in [9.17, 15) is 9.59 Å². The highest BCUT2D eigenvalue weighted by Gasteiger charge is 2.16. The molecule has 7 nitrogen and oxygen atoms in total. The molecule has 0 atom stereocenters. The van der Waals surface area contributed by atoms with Crippen molar-refractivity contribution in [2.75, 3.05) is 7.11 Å². The van der Waals surface area contributed by atoms with E-state index in [1.54, 1.807) is 36.5 Å². The van der Waals surface area contributed by atoms with Gasteiger partial charge in [0.1, 0.15) is 10.6 Å². The molecule has 0 amide bonds. The molecule has 0 aliphatic heterocycles. The maximum atomic E-state index is 11.8. The van der Waals surface area contributed by atoms with Crippen LogP contribution in [-0.2, 0) is 11.3 Å². The fourth-order valence-electron chi connectivity index (χ4n) is 1.92. The Morgan fingerprint density at radius 3 is 2.95 bits per heavy atom. The zero-order valence-electron chi connectivity index (χ0n) is 11.6. The fourth-order valence-corrected chi connectivity index (χ4v) is 2.83. The van der Waals surface area contributed by atoms with E-state index in [0.717, 1.165) is 4.88 Å². The van der Waals surface area contributed by atoms with E-state index in [-0.39, 0.29) is 6.54 Å². The molecule has 8 heteroatoms. The summed E-state index contributed by atoms with van der Waals surface area (Å²) in [4.78, 5) is 28.7. The Labute approximate surface area is 128 Å². The molecule has 3 heterocycles. The summed E-state index contributed by atoms with van der Waals surface area (Å²) < 4.78 is 10.8. The lowest BCUT2D eigenvalue weighted by Gasteiger charge is -2.01. The van der Waals surface area contributed by atoms with Crippen LogP contribution in [0, 0.1) is 0 Å². The van der Waals surface area contributed by atoms with Crippen molar-refractivity contribution < 1.29 is 14.1 Å². The third-order valence-electron chi connectivity index (χ3n) is 2.94. The van der Waals surface area contributed by atoms with Crippen molar-refractivity contribution in [3.8, 4) is 11.5 Å². The van der Waals surface area contributed by atoms with E-state index in [1.807, 2.05) is 0 Å². The van der Waals surface area contributed by atoms with E-state index < -0.39 is 11.7 Å². The largest absolute Gasteiger partial charge is 0.465 e. The van der Waals surface area contributed by atoms with Gasteiger partial charge in [-0.3, -0.25) is 9.51 Å². The molecule has 0 saturated carbocycles. The molecule has 0 radical (unpaired) electrons. The molecular weight excluding hydrogens is 306 g/mol. The van der Waals surface area contributed by atoms with Gasteiger partial charge in [-0.05, 0) is 24.3 Å². The van der Waals surface area contributed by atoms with Crippen LogP contribution in [-0.4, -0.2) is 27.8 Å². The molecule has 0 aliphatic carbocycles. The zero-order chi connectivity index (χ0) is 15.5. The maximum Gasteiger partial charge on any atom is 0.442 e. The Morgan fingerprint density at radius 1 is 1.36 bits per heavy atom. The molecule has 0 bridgehead atoms. The molecule has 22 heavy (non-hydrogen) atoms.